The second kappa shape index (κ2) is 8.91. The average Bonchev–Trinajstić information content (AvgIpc) is 3.39. The maximum absolute atomic E-state index is 13.0. The molecule has 0 spiro atoms. The van der Waals surface area contributed by atoms with Crippen LogP contribution in [0, 0.1) is 5.82 Å². The number of carbonyl (C=O) groups excluding carboxylic acids is 1. The first-order valence-electron chi connectivity index (χ1n) is 8.98. The predicted octanol–water partition coefficient (Wildman–Crippen LogP) is 4.65. The van der Waals surface area contributed by atoms with Crippen LogP contribution in [0.1, 0.15) is 21.9 Å². The van der Waals surface area contributed by atoms with Crippen LogP contribution in [-0.2, 0) is 13.2 Å². The number of benzene rings is 2. The van der Waals surface area contributed by atoms with Crippen LogP contribution in [-0.4, -0.2) is 20.7 Å². The van der Waals surface area contributed by atoms with Crippen LogP contribution in [0.5, 0.6) is 5.75 Å². The van der Waals surface area contributed by atoms with Gasteiger partial charge in [0.05, 0.1) is 11.0 Å². The van der Waals surface area contributed by atoms with Gasteiger partial charge in [-0.15, -0.1) is 5.10 Å². The van der Waals surface area contributed by atoms with Gasteiger partial charge in [0.15, 0.2) is 5.76 Å². The van der Waals surface area contributed by atoms with Gasteiger partial charge in [-0.1, -0.05) is 24.3 Å². The fourth-order valence-corrected chi connectivity index (χ4v) is 3.06. The molecule has 30 heavy (non-hydrogen) atoms. The van der Waals surface area contributed by atoms with Gasteiger partial charge in [0.1, 0.15) is 30.3 Å². The van der Waals surface area contributed by atoms with E-state index in [9.17, 15) is 9.18 Å². The van der Waals surface area contributed by atoms with E-state index in [0.717, 1.165) is 10.0 Å². The number of aromatic nitrogens is 3. The highest BCUT2D eigenvalue weighted by molar-refractivity contribution is 9.10. The maximum Gasteiger partial charge on any atom is 0.293 e. The van der Waals surface area contributed by atoms with Crippen LogP contribution < -0.4 is 10.1 Å². The molecule has 2 aromatic carbocycles. The first-order chi connectivity index (χ1) is 14.6. The van der Waals surface area contributed by atoms with Crippen LogP contribution in [0.2, 0.25) is 0 Å². The van der Waals surface area contributed by atoms with E-state index in [-0.39, 0.29) is 24.1 Å². The van der Waals surface area contributed by atoms with Gasteiger partial charge < -0.3 is 9.15 Å². The molecule has 2 aromatic heterocycles. The molecule has 1 amide bonds. The van der Waals surface area contributed by atoms with E-state index >= 15 is 0 Å². The largest absolute Gasteiger partial charge is 0.484 e. The number of carbonyl (C=O) groups is 1. The third-order valence-electron chi connectivity index (χ3n) is 4.11. The number of anilines is 1. The van der Waals surface area contributed by atoms with Gasteiger partial charge in [-0.25, -0.2) is 14.1 Å². The Morgan fingerprint density at radius 1 is 1.13 bits per heavy atom. The molecule has 0 aliphatic carbocycles. The highest BCUT2D eigenvalue weighted by atomic mass is 79.9. The van der Waals surface area contributed by atoms with Gasteiger partial charge in [-0.3, -0.25) is 10.1 Å². The molecule has 0 aliphatic heterocycles. The molecule has 152 valence electrons. The number of hydrogen-bond donors (Lipinski definition) is 1. The topological polar surface area (TPSA) is 82.2 Å². The highest BCUT2D eigenvalue weighted by Crippen LogP contribution is 2.25. The Kier molecular flexibility index (Phi) is 5.89. The molecule has 0 atom stereocenters. The summed E-state index contributed by atoms with van der Waals surface area (Å²) in [5.74, 6) is 0.674. The third-order valence-corrected chi connectivity index (χ3v) is 4.77. The van der Waals surface area contributed by atoms with E-state index in [1.54, 1.807) is 28.9 Å². The summed E-state index contributed by atoms with van der Waals surface area (Å²) in [6.07, 6.45) is 1.48. The van der Waals surface area contributed by atoms with Crippen molar-refractivity contribution < 1.29 is 18.3 Å². The van der Waals surface area contributed by atoms with Gasteiger partial charge in [0, 0.05) is 0 Å². The number of halogens is 2. The molecular formula is C21H16BrFN4O3. The fourth-order valence-electron chi connectivity index (χ4n) is 2.66. The van der Waals surface area contributed by atoms with Gasteiger partial charge >= 0.3 is 0 Å². The fraction of sp³-hybridized carbons (Fsp3) is 0.0952. The van der Waals surface area contributed by atoms with Crippen molar-refractivity contribution >= 4 is 27.8 Å². The predicted molar refractivity (Wildman–Crippen MR) is 111 cm³/mol. The summed E-state index contributed by atoms with van der Waals surface area (Å²) in [7, 11) is 0. The lowest BCUT2D eigenvalue weighted by Crippen LogP contribution is -2.12. The molecule has 1 N–H and O–H groups in total. The smallest absolute Gasteiger partial charge is 0.293 e. The van der Waals surface area contributed by atoms with Crippen molar-refractivity contribution in [3.63, 3.8) is 0 Å². The van der Waals surface area contributed by atoms with Crippen molar-refractivity contribution in [1.29, 1.82) is 0 Å². The molecule has 0 saturated carbocycles. The van der Waals surface area contributed by atoms with Crippen molar-refractivity contribution in [3.8, 4) is 5.75 Å². The van der Waals surface area contributed by atoms with Crippen LogP contribution in [0.25, 0.3) is 0 Å². The van der Waals surface area contributed by atoms with Crippen LogP contribution in [0.15, 0.2) is 75.9 Å². The summed E-state index contributed by atoms with van der Waals surface area (Å²) in [4.78, 5) is 16.4. The van der Waals surface area contributed by atoms with Gasteiger partial charge in [0.2, 0.25) is 5.95 Å². The lowest BCUT2D eigenvalue weighted by atomic mass is 10.2. The number of rotatable bonds is 7. The molecule has 9 heteroatoms. The Balaban J connectivity index is 1.34. The van der Waals surface area contributed by atoms with Crippen molar-refractivity contribution in [2.45, 2.75) is 13.2 Å². The zero-order chi connectivity index (χ0) is 20.9. The number of furan rings is 1. The van der Waals surface area contributed by atoms with E-state index in [1.807, 2.05) is 24.3 Å². The molecule has 0 radical (unpaired) electrons. The van der Waals surface area contributed by atoms with Gasteiger partial charge in [-0.2, -0.15) is 0 Å². The number of nitrogens with one attached hydrogen (secondary N) is 1. The van der Waals surface area contributed by atoms with Gasteiger partial charge in [-0.05, 0) is 57.9 Å². The monoisotopic (exact) mass is 470 g/mol. The van der Waals surface area contributed by atoms with Gasteiger partial charge in [0.25, 0.3) is 5.91 Å². The van der Waals surface area contributed by atoms with E-state index < -0.39 is 5.91 Å². The SMILES string of the molecule is O=C(Nc1ncn(Cc2ccc(F)cc2)n1)c1ccc(COc2ccccc2Br)o1. The van der Waals surface area contributed by atoms with Crippen LogP contribution >= 0.6 is 15.9 Å². The summed E-state index contributed by atoms with van der Waals surface area (Å²) in [6, 6.07) is 16.8. The molecule has 7 nitrogen and oxygen atoms in total. The minimum absolute atomic E-state index is 0.121. The number of nitrogens with zero attached hydrogens (tertiary/aromatic N) is 3. The first kappa shape index (κ1) is 19.8. The Morgan fingerprint density at radius 3 is 2.73 bits per heavy atom. The quantitative estimate of drug-likeness (QED) is 0.424. The molecule has 0 bridgehead atoms. The minimum atomic E-state index is -0.471. The van der Waals surface area contributed by atoms with Crippen LogP contribution in [0.4, 0.5) is 10.3 Å². The summed E-state index contributed by atoms with van der Waals surface area (Å²) in [6.45, 7) is 0.584. The van der Waals surface area contributed by atoms with E-state index in [2.05, 4.69) is 31.3 Å². The van der Waals surface area contributed by atoms with Crippen molar-refractivity contribution in [2.24, 2.45) is 0 Å². The van der Waals surface area contributed by atoms with Crippen LogP contribution in [0.3, 0.4) is 0 Å². The lowest BCUT2D eigenvalue weighted by Gasteiger charge is -2.05. The average molecular weight is 471 g/mol. The summed E-state index contributed by atoms with van der Waals surface area (Å²) in [5.41, 5.74) is 0.861. The second-order valence-corrected chi connectivity index (χ2v) is 7.19. The zero-order valence-corrected chi connectivity index (χ0v) is 17.2. The summed E-state index contributed by atoms with van der Waals surface area (Å²) < 4.78 is 26.6. The number of hydrogen-bond acceptors (Lipinski definition) is 5. The number of ether oxygens (including phenoxy) is 1. The third kappa shape index (κ3) is 4.93. The normalized spacial score (nSPS) is 10.7. The Morgan fingerprint density at radius 2 is 1.93 bits per heavy atom. The standard InChI is InChI=1S/C21H16BrFN4O3/c22-17-3-1-2-4-18(17)29-12-16-9-10-19(30-16)20(28)25-21-24-13-27(26-21)11-14-5-7-15(23)8-6-14/h1-10,13H,11-12H2,(H,25,26,28). The molecular weight excluding hydrogens is 455 g/mol. The van der Waals surface area contributed by atoms with Crippen molar-refractivity contribution in [1.82, 2.24) is 14.8 Å². The van der Waals surface area contributed by atoms with Crippen molar-refractivity contribution in [3.05, 3.63) is 94.4 Å². The van der Waals surface area contributed by atoms with Crippen molar-refractivity contribution in [2.75, 3.05) is 5.32 Å². The molecule has 0 aliphatic rings. The molecule has 4 rings (SSSR count). The Bertz CT molecular complexity index is 1160. The Hall–Kier alpha value is -3.46. The highest BCUT2D eigenvalue weighted by Gasteiger charge is 2.14. The minimum Gasteiger partial charge on any atom is -0.484 e. The molecule has 2 heterocycles. The second-order valence-electron chi connectivity index (χ2n) is 6.33. The maximum atomic E-state index is 13.0. The molecule has 4 aromatic rings. The zero-order valence-electron chi connectivity index (χ0n) is 15.6. The van der Waals surface area contributed by atoms with E-state index in [0.29, 0.717) is 18.1 Å². The number of amides is 1. The summed E-state index contributed by atoms with van der Waals surface area (Å²) in [5, 5.41) is 6.78. The van der Waals surface area contributed by atoms with E-state index in [1.165, 1.54) is 18.5 Å². The lowest BCUT2D eigenvalue weighted by molar-refractivity contribution is 0.0991. The molecule has 0 unspecified atom stereocenters. The molecule has 0 fully saturated rings. The Labute approximate surface area is 179 Å². The summed E-state index contributed by atoms with van der Waals surface area (Å²) >= 11 is 3.41. The van der Waals surface area contributed by atoms with E-state index in [4.69, 9.17) is 9.15 Å². The first-order valence-corrected chi connectivity index (χ1v) is 9.77. The molecule has 0 saturated heterocycles. The number of para-hydroxylation sites is 1.